The molecular formula is C28H31FN2O. The van der Waals surface area contributed by atoms with E-state index in [0.29, 0.717) is 18.7 Å². The Morgan fingerprint density at radius 1 is 0.875 bits per heavy atom. The van der Waals surface area contributed by atoms with E-state index < -0.39 is 6.17 Å². The van der Waals surface area contributed by atoms with Crippen molar-refractivity contribution in [2.45, 2.75) is 58.5 Å². The second-order valence-electron chi connectivity index (χ2n) is 7.93. The molecule has 0 fully saturated rings. The molecule has 0 saturated heterocycles. The summed E-state index contributed by atoms with van der Waals surface area (Å²) in [6.07, 6.45) is 8.48. The number of alkyl halides is 1. The number of unbranched alkanes of at least 4 members (excludes halogenated alkanes) is 3. The average Bonchev–Trinajstić information content (AvgIpc) is 2.82. The Bertz CT molecular complexity index is 1000. The van der Waals surface area contributed by atoms with Crippen molar-refractivity contribution in [1.29, 1.82) is 0 Å². The summed E-state index contributed by atoms with van der Waals surface area (Å²) in [6, 6.07) is 16.0. The van der Waals surface area contributed by atoms with E-state index in [1.165, 1.54) is 12.8 Å². The van der Waals surface area contributed by atoms with Gasteiger partial charge in [-0.3, -0.25) is 0 Å². The van der Waals surface area contributed by atoms with Gasteiger partial charge in [0.15, 0.2) is 5.82 Å². The molecule has 0 amide bonds. The summed E-state index contributed by atoms with van der Waals surface area (Å²) in [6.45, 7) is 4.53. The largest absolute Gasteiger partial charge is 0.494 e. The van der Waals surface area contributed by atoms with Crippen LogP contribution in [0, 0.1) is 11.8 Å². The predicted molar refractivity (Wildman–Crippen MR) is 129 cm³/mol. The monoisotopic (exact) mass is 430 g/mol. The Morgan fingerprint density at radius 3 is 2.22 bits per heavy atom. The summed E-state index contributed by atoms with van der Waals surface area (Å²) in [4.78, 5) is 9.07. The SMILES string of the molecule is CCCCCOc1ccc(-c2cnc(-c3ccc(C#CCCCC(C)F)cc3)nc2)cc1. The van der Waals surface area contributed by atoms with Crippen LogP contribution in [0.3, 0.4) is 0 Å². The topological polar surface area (TPSA) is 35.0 Å². The molecule has 4 heteroatoms. The Morgan fingerprint density at radius 2 is 1.56 bits per heavy atom. The van der Waals surface area contributed by atoms with Crippen molar-refractivity contribution < 1.29 is 9.13 Å². The fraction of sp³-hybridized carbons (Fsp3) is 0.357. The van der Waals surface area contributed by atoms with Gasteiger partial charge in [-0.2, -0.15) is 0 Å². The maximum absolute atomic E-state index is 12.8. The minimum absolute atomic E-state index is 0.567. The van der Waals surface area contributed by atoms with Gasteiger partial charge in [-0.15, -0.1) is 0 Å². The second kappa shape index (κ2) is 12.6. The zero-order valence-corrected chi connectivity index (χ0v) is 19.0. The maximum atomic E-state index is 12.8. The highest BCUT2D eigenvalue weighted by atomic mass is 19.1. The first-order valence-corrected chi connectivity index (χ1v) is 11.4. The molecule has 32 heavy (non-hydrogen) atoms. The summed E-state index contributed by atoms with van der Waals surface area (Å²) in [5.74, 6) is 7.81. The Hall–Kier alpha value is -3.19. The third kappa shape index (κ3) is 7.50. The molecule has 0 bridgehead atoms. The predicted octanol–water partition coefficient (Wildman–Crippen LogP) is 7.26. The zero-order chi connectivity index (χ0) is 22.6. The number of nitrogens with zero attached hydrogens (tertiary/aromatic N) is 2. The van der Waals surface area contributed by atoms with E-state index in [-0.39, 0.29) is 0 Å². The third-order valence-corrected chi connectivity index (χ3v) is 5.14. The lowest BCUT2D eigenvalue weighted by Gasteiger charge is -2.07. The van der Waals surface area contributed by atoms with Crippen molar-refractivity contribution in [3.8, 4) is 40.1 Å². The molecule has 1 atom stereocenters. The first-order valence-electron chi connectivity index (χ1n) is 11.4. The fourth-order valence-electron chi connectivity index (χ4n) is 3.25. The van der Waals surface area contributed by atoms with Crippen LogP contribution in [0.4, 0.5) is 4.39 Å². The average molecular weight is 431 g/mol. The summed E-state index contributed by atoms with van der Waals surface area (Å²) in [7, 11) is 0. The summed E-state index contributed by atoms with van der Waals surface area (Å²) in [5.41, 5.74) is 3.92. The van der Waals surface area contributed by atoms with E-state index in [4.69, 9.17) is 4.74 Å². The molecule has 1 aromatic heterocycles. The van der Waals surface area contributed by atoms with Crippen LogP contribution in [0.1, 0.15) is 57.9 Å². The van der Waals surface area contributed by atoms with Crippen molar-refractivity contribution in [2.24, 2.45) is 0 Å². The zero-order valence-electron chi connectivity index (χ0n) is 19.0. The number of aromatic nitrogens is 2. The molecule has 0 radical (unpaired) electrons. The van der Waals surface area contributed by atoms with E-state index >= 15 is 0 Å². The van der Waals surface area contributed by atoms with Gasteiger partial charge in [0, 0.05) is 35.5 Å². The standard InChI is InChI=1S/C28H31FN2O/c1-3-4-8-19-32-27-17-15-24(16-18-27)26-20-30-28(31-21-26)25-13-11-23(12-14-25)10-7-5-6-9-22(2)29/h11-18,20-22H,3-6,8-9,19H2,1-2H3. The van der Waals surface area contributed by atoms with Gasteiger partial charge in [0.05, 0.1) is 12.8 Å². The van der Waals surface area contributed by atoms with E-state index in [0.717, 1.165) is 47.5 Å². The molecular weight excluding hydrogens is 399 g/mol. The molecule has 0 aliphatic rings. The van der Waals surface area contributed by atoms with Gasteiger partial charge in [-0.25, -0.2) is 14.4 Å². The molecule has 0 N–H and O–H groups in total. The van der Waals surface area contributed by atoms with Crippen molar-refractivity contribution in [1.82, 2.24) is 9.97 Å². The first-order chi connectivity index (χ1) is 15.7. The van der Waals surface area contributed by atoms with Gasteiger partial charge in [0.2, 0.25) is 0 Å². The van der Waals surface area contributed by atoms with Crippen LogP contribution in [0.5, 0.6) is 5.75 Å². The lowest BCUT2D eigenvalue weighted by atomic mass is 10.1. The molecule has 166 valence electrons. The lowest BCUT2D eigenvalue weighted by molar-refractivity contribution is 0.306. The number of hydrogen-bond donors (Lipinski definition) is 0. The van der Waals surface area contributed by atoms with E-state index in [9.17, 15) is 4.39 Å². The fourth-order valence-corrected chi connectivity index (χ4v) is 3.25. The number of rotatable bonds is 10. The highest BCUT2D eigenvalue weighted by molar-refractivity contribution is 5.64. The Kier molecular flexibility index (Phi) is 9.25. The first kappa shape index (κ1) is 23.5. The Balaban J connectivity index is 1.56. The van der Waals surface area contributed by atoms with Crippen molar-refractivity contribution in [3.63, 3.8) is 0 Å². The summed E-state index contributed by atoms with van der Waals surface area (Å²) < 4.78 is 18.6. The smallest absolute Gasteiger partial charge is 0.159 e. The van der Waals surface area contributed by atoms with Gasteiger partial charge < -0.3 is 4.74 Å². The number of ether oxygens (including phenoxy) is 1. The van der Waals surface area contributed by atoms with E-state index in [1.54, 1.807) is 6.92 Å². The van der Waals surface area contributed by atoms with Crippen LogP contribution in [-0.2, 0) is 0 Å². The van der Waals surface area contributed by atoms with Crippen LogP contribution in [0.25, 0.3) is 22.5 Å². The van der Waals surface area contributed by atoms with Gasteiger partial charge in [0.1, 0.15) is 5.75 Å². The third-order valence-electron chi connectivity index (χ3n) is 5.14. The summed E-state index contributed by atoms with van der Waals surface area (Å²) in [5, 5.41) is 0. The number of hydrogen-bond acceptors (Lipinski definition) is 3. The Labute approximate surface area is 191 Å². The van der Waals surface area contributed by atoms with Crippen LogP contribution in [0.2, 0.25) is 0 Å². The molecule has 1 heterocycles. The van der Waals surface area contributed by atoms with Gasteiger partial charge >= 0.3 is 0 Å². The molecule has 2 aromatic carbocycles. The quantitative estimate of drug-likeness (QED) is 0.251. The molecule has 0 aliphatic carbocycles. The number of benzene rings is 2. The second-order valence-corrected chi connectivity index (χ2v) is 7.93. The van der Waals surface area contributed by atoms with Crippen LogP contribution < -0.4 is 4.74 Å². The van der Waals surface area contributed by atoms with Gasteiger partial charge in [0.25, 0.3) is 0 Å². The van der Waals surface area contributed by atoms with Crippen LogP contribution >= 0.6 is 0 Å². The number of halogens is 1. The van der Waals surface area contributed by atoms with Gasteiger partial charge in [-0.05, 0) is 68.1 Å². The molecule has 3 nitrogen and oxygen atoms in total. The molecule has 3 aromatic rings. The highest BCUT2D eigenvalue weighted by Gasteiger charge is 2.04. The molecule has 0 aliphatic heterocycles. The van der Waals surface area contributed by atoms with E-state index in [2.05, 4.69) is 28.7 Å². The van der Waals surface area contributed by atoms with Crippen LogP contribution in [-0.4, -0.2) is 22.7 Å². The lowest BCUT2D eigenvalue weighted by Crippen LogP contribution is -1.96. The van der Waals surface area contributed by atoms with Gasteiger partial charge in [-0.1, -0.05) is 43.7 Å². The minimum atomic E-state index is -0.754. The maximum Gasteiger partial charge on any atom is 0.159 e. The molecule has 1 unspecified atom stereocenters. The van der Waals surface area contributed by atoms with Crippen molar-refractivity contribution >= 4 is 0 Å². The minimum Gasteiger partial charge on any atom is -0.494 e. The van der Waals surface area contributed by atoms with Crippen molar-refractivity contribution in [3.05, 3.63) is 66.5 Å². The molecule has 0 spiro atoms. The van der Waals surface area contributed by atoms with E-state index in [1.807, 2.05) is 60.9 Å². The van der Waals surface area contributed by atoms with Crippen LogP contribution in [0.15, 0.2) is 60.9 Å². The molecule has 0 saturated carbocycles. The normalized spacial score (nSPS) is 11.5. The highest BCUT2D eigenvalue weighted by Crippen LogP contribution is 2.23. The summed E-state index contributed by atoms with van der Waals surface area (Å²) >= 11 is 0. The van der Waals surface area contributed by atoms with Crippen molar-refractivity contribution in [2.75, 3.05) is 6.61 Å². The molecule has 3 rings (SSSR count).